The number of aromatic nitrogens is 4. The van der Waals surface area contributed by atoms with E-state index in [0.29, 0.717) is 37.6 Å². The maximum atomic E-state index is 13.5. The number of rotatable bonds is 4. The molecule has 1 amide bonds. The van der Waals surface area contributed by atoms with Crippen molar-refractivity contribution in [3.05, 3.63) is 63.9 Å². The van der Waals surface area contributed by atoms with Crippen molar-refractivity contribution in [3.8, 4) is 5.69 Å². The molecular weight excluding hydrogens is 434 g/mol. The number of carbonyl (C=O) groups excluding carboxylic acids is 1. The number of nitrogens with zero attached hydrogens (tertiary/aromatic N) is 4. The lowest BCUT2D eigenvalue weighted by atomic mass is 9.73. The van der Waals surface area contributed by atoms with Crippen LogP contribution in [-0.4, -0.2) is 39.3 Å². The topological polar surface area (TPSA) is 81.9 Å². The van der Waals surface area contributed by atoms with Crippen LogP contribution < -0.4 is 5.32 Å². The summed E-state index contributed by atoms with van der Waals surface area (Å²) in [6.45, 7) is 4.96. The molecule has 1 aliphatic heterocycles. The van der Waals surface area contributed by atoms with Crippen LogP contribution >= 0.6 is 15.9 Å². The number of ether oxygens (including phenoxy) is 1. The molecule has 0 bridgehead atoms. The maximum absolute atomic E-state index is 13.5. The highest BCUT2D eigenvalue weighted by Crippen LogP contribution is 2.37. The minimum Gasteiger partial charge on any atom is -0.381 e. The van der Waals surface area contributed by atoms with Crippen molar-refractivity contribution >= 4 is 27.5 Å². The monoisotopic (exact) mass is 455 g/mol. The zero-order valence-electron chi connectivity index (χ0n) is 16.4. The van der Waals surface area contributed by atoms with Gasteiger partial charge in [0.05, 0.1) is 11.1 Å². The van der Waals surface area contributed by atoms with Gasteiger partial charge in [-0.3, -0.25) is 4.79 Å². The second kappa shape index (κ2) is 8.04. The average molecular weight is 456 g/mol. The third kappa shape index (κ3) is 3.82. The van der Waals surface area contributed by atoms with E-state index in [-0.39, 0.29) is 5.91 Å². The lowest BCUT2D eigenvalue weighted by Crippen LogP contribution is -2.44. The first-order valence-corrected chi connectivity index (χ1v) is 10.3. The summed E-state index contributed by atoms with van der Waals surface area (Å²) in [6.07, 6.45) is 1.29. The first-order chi connectivity index (χ1) is 14.0. The van der Waals surface area contributed by atoms with Gasteiger partial charge in [0.1, 0.15) is 0 Å². The van der Waals surface area contributed by atoms with E-state index in [9.17, 15) is 4.79 Å². The molecule has 0 atom stereocenters. The predicted octanol–water partition coefficient (Wildman–Crippen LogP) is 3.73. The van der Waals surface area contributed by atoms with E-state index in [1.165, 1.54) is 0 Å². The number of aryl methyl sites for hydroxylation is 2. The van der Waals surface area contributed by atoms with E-state index in [2.05, 4.69) is 36.8 Å². The summed E-state index contributed by atoms with van der Waals surface area (Å²) in [4.78, 5) is 13.5. The first kappa shape index (κ1) is 19.7. The lowest BCUT2D eigenvalue weighted by molar-refractivity contribution is -0.125. The van der Waals surface area contributed by atoms with E-state index < -0.39 is 5.41 Å². The van der Waals surface area contributed by atoms with E-state index >= 15 is 0 Å². The van der Waals surface area contributed by atoms with Crippen LogP contribution in [0.25, 0.3) is 5.69 Å². The van der Waals surface area contributed by atoms with Gasteiger partial charge < -0.3 is 10.1 Å². The van der Waals surface area contributed by atoms with Gasteiger partial charge in [-0.15, -0.1) is 5.10 Å². The van der Waals surface area contributed by atoms with Crippen LogP contribution in [0.4, 0.5) is 5.69 Å². The molecule has 0 radical (unpaired) electrons. The fourth-order valence-electron chi connectivity index (χ4n) is 3.76. The standard InChI is InChI=1S/C21H22BrN5O2/c1-14-3-8-18(13-19(14)27-15(2)24-25-26-27)23-20(28)21(9-11-29-12-10-21)16-4-6-17(22)7-5-16/h3-8,13H,9-12H2,1-2H3,(H,23,28). The van der Waals surface area contributed by atoms with Gasteiger partial charge in [0.2, 0.25) is 5.91 Å². The highest BCUT2D eigenvalue weighted by Gasteiger charge is 2.41. The molecule has 3 aromatic rings. The summed E-state index contributed by atoms with van der Waals surface area (Å²) in [5, 5.41) is 14.8. The summed E-state index contributed by atoms with van der Waals surface area (Å²) in [7, 11) is 0. The zero-order valence-corrected chi connectivity index (χ0v) is 17.9. The third-order valence-electron chi connectivity index (χ3n) is 5.50. The van der Waals surface area contributed by atoms with Crippen LogP contribution in [0.15, 0.2) is 46.9 Å². The molecule has 2 aromatic carbocycles. The molecule has 0 saturated carbocycles. The number of anilines is 1. The Kier molecular flexibility index (Phi) is 5.47. The molecule has 0 unspecified atom stereocenters. The van der Waals surface area contributed by atoms with Crippen LogP contribution in [0.5, 0.6) is 0 Å². The predicted molar refractivity (Wildman–Crippen MR) is 113 cm³/mol. The van der Waals surface area contributed by atoms with Crippen molar-refractivity contribution in [2.24, 2.45) is 0 Å². The molecular formula is C21H22BrN5O2. The molecule has 2 heterocycles. The minimum atomic E-state index is -0.616. The van der Waals surface area contributed by atoms with Gasteiger partial charge in [0, 0.05) is 23.4 Å². The van der Waals surface area contributed by atoms with Crippen LogP contribution in [0.1, 0.15) is 29.8 Å². The van der Waals surface area contributed by atoms with Crippen LogP contribution in [-0.2, 0) is 14.9 Å². The number of carbonyl (C=O) groups is 1. The molecule has 29 heavy (non-hydrogen) atoms. The fourth-order valence-corrected chi connectivity index (χ4v) is 4.02. The Hall–Kier alpha value is -2.58. The number of hydrogen-bond acceptors (Lipinski definition) is 5. The number of amides is 1. The van der Waals surface area contributed by atoms with Gasteiger partial charge in [-0.25, -0.2) is 0 Å². The number of hydrogen-bond donors (Lipinski definition) is 1. The summed E-state index contributed by atoms with van der Waals surface area (Å²) in [5.74, 6) is 0.665. The van der Waals surface area contributed by atoms with Crippen LogP contribution in [0.2, 0.25) is 0 Å². The zero-order chi connectivity index (χ0) is 20.4. The van der Waals surface area contributed by atoms with Crippen LogP contribution in [0, 0.1) is 13.8 Å². The summed E-state index contributed by atoms with van der Waals surface area (Å²) in [5.41, 5.74) is 2.97. The Balaban J connectivity index is 1.66. The first-order valence-electron chi connectivity index (χ1n) is 9.51. The smallest absolute Gasteiger partial charge is 0.235 e. The van der Waals surface area contributed by atoms with Crippen molar-refractivity contribution in [1.29, 1.82) is 0 Å². The molecule has 150 valence electrons. The molecule has 1 saturated heterocycles. The van der Waals surface area contributed by atoms with Crippen molar-refractivity contribution in [1.82, 2.24) is 20.2 Å². The summed E-state index contributed by atoms with van der Waals surface area (Å²) >= 11 is 3.47. The van der Waals surface area contributed by atoms with E-state index in [1.807, 2.05) is 56.3 Å². The van der Waals surface area contributed by atoms with Crippen molar-refractivity contribution < 1.29 is 9.53 Å². The van der Waals surface area contributed by atoms with E-state index in [1.54, 1.807) is 4.68 Å². The minimum absolute atomic E-state index is 0.0219. The SMILES string of the molecule is Cc1ccc(NC(=O)C2(c3ccc(Br)cc3)CCOCC2)cc1-n1nnnc1C. The number of halogens is 1. The summed E-state index contributed by atoms with van der Waals surface area (Å²) < 4.78 is 8.21. The second-order valence-corrected chi connectivity index (χ2v) is 8.21. The molecule has 1 N–H and O–H groups in total. The van der Waals surface area contributed by atoms with Gasteiger partial charge in [-0.1, -0.05) is 34.1 Å². The molecule has 0 spiro atoms. The normalized spacial score (nSPS) is 15.8. The van der Waals surface area contributed by atoms with Crippen molar-refractivity contribution in [3.63, 3.8) is 0 Å². The molecule has 1 aliphatic rings. The van der Waals surface area contributed by atoms with Crippen LogP contribution in [0.3, 0.4) is 0 Å². The van der Waals surface area contributed by atoms with Crippen molar-refractivity contribution in [2.75, 3.05) is 18.5 Å². The molecule has 8 heteroatoms. The highest BCUT2D eigenvalue weighted by atomic mass is 79.9. The number of nitrogens with one attached hydrogen (secondary N) is 1. The third-order valence-corrected chi connectivity index (χ3v) is 6.03. The Labute approximate surface area is 177 Å². The van der Waals surface area contributed by atoms with Gasteiger partial charge in [-0.05, 0) is 72.5 Å². The highest BCUT2D eigenvalue weighted by molar-refractivity contribution is 9.10. The van der Waals surface area contributed by atoms with E-state index in [0.717, 1.165) is 21.3 Å². The van der Waals surface area contributed by atoms with Gasteiger partial charge in [0.25, 0.3) is 0 Å². The largest absolute Gasteiger partial charge is 0.381 e. The van der Waals surface area contributed by atoms with Crippen molar-refractivity contribution in [2.45, 2.75) is 32.1 Å². The summed E-state index contributed by atoms with van der Waals surface area (Å²) in [6, 6.07) is 13.8. The lowest BCUT2D eigenvalue weighted by Gasteiger charge is -2.36. The molecule has 1 fully saturated rings. The van der Waals surface area contributed by atoms with E-state index in [4.69, 9.17) is 4.74 Å². The molecule has 4 rings (SSSR count). The molecule has 1 aromatic heterocycles. The second-order valence-electron chi connectivity index (χ2n) is 7.29. The Morgan fingerprint density at radius 3 is 2.52 bits per heavy atom. The van der Waals surface area contributed by atoms with Gasteiger partial charge in [-0.2, -0.15) is 4.68 Å². The Morgan fingerprint density at radius 2 is 1.86 bits per heavy atom. The number of tetrazole rings is 1. The molecule has 0 aliphatic carbocycles. The quantitative estimate of drug-likeness (QED) is 0.647. The van der Waals surface area contributed by atoms with Gasteiger partial charge in [0.15, 0.2) is 5.82 Å². The fraction of sp³-hybridized carbons (Fsp3) is 0.333. The average Bonchev–Trinajstić information content (AvgIpc) is 3.16. The molecule has 7 nitrogen and oxygen atoms in total. The number of benzene rings is 2. The Bertz CT molecular complexity index is 1030. The maximum Gasteiger partial charge on any atom is 0.235 e. The van der Waals surface area contributed by atoms with Gasteiger partial charge >= 0.3 is 0 Å². The Morgan fingerprint density at radius 1 is 1.14 bits per heavy atom.